The molecule has 1 aromatic carbocycles. The molecule has 1 fully saturated rings. The van der Waals surface area contributed by atoms with E-state index >= 15 is 0 Å². The number of halogens is 1. The fraction of sp³-hybridized carbons (Fsp3) is 0. The number of imidazole rings is 1. The first-order valence-corrected chi connectivity index (χ1v) is 8.02. The summed E-state index contributed by atoms with van der Waals surface area (Å²) in [5, 5.41) is 4.71. The number of pyridine rings is 1. The highest BCUT2D eigenvalue weighted by Gasteiger charge is 2.28. The van der Waals surface area contributed by atoms with E-state index in [9.17, 15) is 14.4 Å². The number of imide groups is 2. The number of nitrogens with one attached hydrogen (secondary N) is 2. The predicted molar refractivity (Wildman–Crippen MR) is 95.3 cm³/mol. The summed E-state index contributed by atoms with van der Waals surface area (Å²) in [6.07, 6.45) is 3.19. The highest BCUT2D eigenvalue weighted by atomic mass is 35.5. The van der Waals surface area contributed by atoms with Gasteiger partial charge in [0.1, 0.15) is 11.2 Å². The molecule has 1 aliphatic heterocycles. The number of aromatic nitrogens is 2. The summed E-state index contributed by atoms with van der Waals surface area (Å²) in [7, 11) is 0. The third-order valence-corrected chi connectivity index (χ3v) is 4.16. The molecule has 4 amide bonds. The quantitative estimate of drug-likeness (QED) is 0.538. The lowest BCUT2D eigenvalue weighted by Crippen LogP contribution is -2.51. The molecule has 128 valence electrons. The standard InChI is InChI=1S/C18H11ClN4O3/c19-11-6-4-10(5-7-11)15-13(23-8-2-1-3-14(23)20-15)9-12-16(24)21-18(26)22-17(12)25/h1-9H,(H2,21,22,24,25,26). The number of carbonyl (C=O) groups excluding carboxylic acids is 3. The summed E-state index contributed by atoms with van der Waals surface area (Å²) in [5.74, 6) is -1.52. The number of nitrogens with zero attached hydrogens (tertiary/aromatic N) is 2. The summed E-state index contributed by atoms with van der Waals surface area (Å²) in [6, 6.07) is 11.7. The fourth-order valence-corrected chi connectivity index (χ4v) is 2.84. The van der Waals surface area contributed by atoms with Gasteiger partial charge in [0.05, 0.1) is 11.4 Å². The van der Waals surface area contributed by atoms with Crippen LogP contribution < -0.4 is 10.6 Å². The lowest BCUT2D eigenvalue weighted by Gasteiger charge is -2.14. The average molecular weight is 367 g/mol. The van der Waals surface area contributed by atoms with E-state index in [2.05, 4.69) is 15.6 Å². The normalized spacial score (nSPS) is 14.3. The number of carbonyl (C=O) groups is 3. The Balaban J connectivity index is 1.93. The van der Waals surface area contributed by atoms with Crippen molar-refractivity contribution in [2.75, 3.05) is 0 Å². The van der Waals surface area contributed by atoms with Gasteiger partial charge in [-0.25, -0.2) is 9.78 Å². The van der Waals surface area contributed by atoms with Crippen molar-refractivity contribution in [2.24, 2.45) is 0 Å². The van der Waals surface area contributed by atoms with E-state index in [1.54, 1.807) is 34.9 Å². The first-order chi connectivity index (χ1) is 12.5. The molecule has 0 spiro atoms. The van der Waals surface area contributed by atoms with Crippen molar-refractivity contribution >= 4 is 41.2 Å². The van der Waals surface area contributed by atoms with Crippen LogP contribution in [0.4, 0.5) is 4.79 Å². The van der Waals surface area contributed by atoms with E-state index in [0.29, 0.717) is 22.1 Å². The maximum Gasteiger partial charge on any atom is 0.328 e. The molecule has 0 radical (unpaired) electrons. The van der Waals surface area contributed by atoms with Crippen molar-refractivity contribution in [1.82, 2.24) is 20.0 Å². The molecule has 0 atom stereocenters. The zero-order valence-electron chi connectivity index (χ0n) is 13.2. The summed E-state index contributed by atoms with van der Waals surface area (Å²) in [4.78, 5) is 40.0. The number of hydrogen-bond acceptors (Lipinski definition) is 4. The van der Waals surface area contributed by atoms with Crippen molar-refractivity contribution in [3.05, 3.63) is 65.0 Å². The minimum absolute atomic E-state index is 0.175. The smallest absolute Gasteiger partial charge is 0.300 e. The Morgan fingerprint density at radius 2 is 1.65 bits per heavy atom. The second kappa shape index (κ2) is 6.12. The van der Waals surface area contributed by atoms with E-state index in [0.717, 1.165) is 5.56 Å². The van der Waals surface area contributed by atoms with Crippen LogP contribution in [0.3, 0.4) is 0 Å². The van der Waals surface area contributed by atoms with Gasteiger partial charge in [0, 0.05) is 16.8 Å². The van der Waals surface area contributed by atoms with Gasteiger partial charge in [-0.05, 0) is 30.3 Å². The number of fused-ring (bicyclic) bond motifs is 1. The van der Waals surface area contributed by atoms with Crippen molar-refractivity contribution in [2.45, 2.75) is 0 Å². The fourth-order valence-electron chi connectivity index (χ4n) is 2.72. The van der Waals surface area contributed by atoms with Crippen molar-refractivity contribution in [3.8, 4) is 11.3 Å². The number of amides is 4. The Kier molecular flexibility index (Phi) is 3.78. The SMILES string of the molecule is O=C1NC(=O)C(=Cc2c(-c3ccc(Cl)cc3)nc3ccccn23)C(=O)N1. The van der Waals surface area contributed by atoms with Crippen LogP contribution in [0, 0.1) is 0 Å². The Morgan fingerprint density at radius 1 is 0.962 bits per heavy atom. The van der Waals surface area contributed by atoms with E-state index in [1.807, 2.05) is 18.2 Å². The number of urea groups is 1. The first-order valence-electron chi connectivity index (χ1n) is 7.64. The van der Waals surface area contributed by atoms with Gasteiger partial charge in [-0.15, -0.1) is 0 Å². The van der Waals surface area contributed by atoms with Crippen LogP contribution >= 0.6 is 11.6 Å². The highest BCUT2D eigenvalue weighted by molar-refractivity contribution is 6.31. The summed E-state index contributed by atoms with van der Waals surface area (Å²) in [5.41, 5.74) is 2.37. The van der Waals surface area contributed by atoms with Gasteiger partial charge in [0.15, 0.2) is 0 Å². The number of rotatable bonds is 2. The van der Waals surface area contributed by atoms with E-state index < -0.39 is 17.8 Å². The van der Waals surface area contributed by atoms with Crippen LogP contribution in [0.15, 0.2) is 54.2 Å². The molecule has 7 nitrogen and oxygen atoms in total. The number of barbiturate groups is 1. The van der Waals surface area contributed by atoms with Crippen LogP contribution in [0.25, 0.3) is 23.0 Å². The lowest BCUT2D eigenvalue weighted by atomic mass is 10.1. The molecule has 2 N–H and O–H groups in total. The second-order valence-electron chi connectivity index (χ2n) is 5.58. The summed E-state index contributed by atoms with van der Waals surface area (Å²) >= 11 is 5.95. The highest BCUT2D eigenvalue weighted by Crippen LogP contribution is 2.27. The Bertz CT molecular complexity index is 1080. The van der Waals surface area contributed by atoms with Gasteiger partial charge in [0.2, 0.25) is 0 Å². The van der Waals surface area contributed by atoms with Gasteiger partial charge in [-0.1, -0.05) is 29.8 Å². The minimum Gasteiger partial charge on any atom is -0.300 e. The van der Waals surface area contributed by atoms with Gasteiger partial charge in [0.25, 0.3) is 11.8 Å². The summed E-state index contributed by atoms with van der Waals surface area (Å²) < 4.78 is 1.76. The van der Waals surface area contributed by atoms with Gasteiger partial charge < -0.3 is 0 Å². The van der Waals surface area contributed by atoms with Crippen LogP contribution in [0.5, 0.6) is 0 Å². The molecule has 1 aliphatic rings. The minimum atomic E-state index is -0.840. The lowest BCUT2D eigenvalue weighted by molar-refractivity contribution is -0.123. The van der Waals surface area contributed by atoms with Crippen LogP contribution in [-0.2, 0) is 9.59 Å². The maximum absolute atomic E-state index is 12.1. The molecule has 0 aliphatic carbocycles. The van der Waals surface area contributed by atoms with Gasteiger partial charge >= 0.3 is 6.03 Å². The van der Waals surface area contributed by atoms with Crippen LogP contribution in [0.1, 0.15) is 5.69 Å². The maximum atomic E-state index is 12.1. The molecular weight excluding hydrogens is 356 g/mol. The molecule has 1 saturated heterocycles. The Morgan fingerprint density at radius 3 is 2.35 bits per heavy atom. The Hall–Kier alpha value is -3.45. The largest absolute Gasteiger partial charge is 0.328 e. The predicted octanol–water partition coefficient (Wildman–Crippen LogP) is 2.40. The molecule has 3 aromatic rings. The van der Waals surface area contributed by atoms with Gasteiger partial charge in [-0.2, -0.15) is 0 Å². The topological polar surface area (TPSA) is 92.6 Å². The van der Waals surface area contributed by atoms with E-state index in [1.165, 1.54) is 6.08 Å². The Labute approximate surface area is 152 Å². The third-order valence-electron chi connectivity index (χ3n) is 3.91. The monoisotopic (exact) mass is 366 g/mol. The second-order valence-corrected chi connectivity index (χ2v) is 6.01. The van der Waals surface area contributed by atoms with Crippen molar-refractivity contribution in [3.63, 3.8) is 0 Å². The first kappa shape index (κ1) is 16.0. The molecule has 0 bridgehead atoms. The zero-order chi connectivity index (χ0) is 18.3. The van der Waals surface area contributed by atoms with E-state index in [4.69, 9.17) is 11.6 Å². The number of benzene rings is 1. The zero-order valence-corrected chi connectivity index (χ0v) is 13.9. The van der Waals surface area contributed by atoms with Crippen molar-refractivity contribution in [1.29, 1.82) is 0 Å². The molecule has 3 heterocycles. The molecule has 4 rings (SSSR count). The van der Waals surface area contributed by atoms with E-state index in [-0.39, 0.29) is 5.57 Å². The molecule has 8 heteroatoms. The van der Waals surface area contributed by atoms with Crippen LogP contribution in [0.2, 0.25) is 5.02 Å². The van der Waals surface area contributed by atoms with Crippen molar-refractivity contribution < 1.29 is 14.4 Å². The third kappa shape index (κ3) is 2.74. The average Bonchev–Trinajstić information content (AvgIpc) is 2.97. The molecular formula is C18H11ClN4O3. The molecule has 2 aromatic heterocycles. The van der Waals surface area contributed by atoms with Gasteiger partial charge in [-0.3, -0.25) is 24.6 Å². The molecule has 26 heavy (non-hydrogen) atoms. The molecule has 0 saturated carbocycles. The van der Waals surface area contributed by atoms with Crippen LogP contribution in [-0.4, -0.2) is 27.2 Å². The summed E-state index contributed by atoms with van der Waals surface area (Å²) in [6.45, 7) is 0. The number of hydrogen-bond donors (Lipinski definition) is 2. The molecule has 0 unspecified atom stereocenters.